The number of morpholine rings is 1. The van der Waals surface area contributed by atoms with E-state index in [9.17, 15) is 9.59 Å². The lowest BCUT2D eigenvalue weighted by Crippen LogP contribution is -2.49. The predicted octanol–water partition coefficient (Wildman–Crippen LogP) is 1.39. The second kappa shape index (κ2) is 6.62. The van der Waals surface area contributed by atoms with Gasteiger partial charge >= 0.3 is 5.97 Å². The van der Waals surface area contributed by atoms with Crippen LogP contribution in [0.15, 0.2) is 36.4 Å². The molecule has 2 heterocycles. The Morgan fingerprint density at radius 1 is 1.35 bits per heavy atom. The third-order valence-corrected chi connectivity index (χ3v) is 3.78. The summed E-state index contributed by atoms with van der Waals surface area (Å²) in [6.45, 7) is 1.01. The highest BCUT2D eigenvalue weighted by Gasteiger charge is 2.30. The Labute approximate surface area is 132 Å². The molecule has 3 rings (SSSR count). The molecule has 0 bridgehead atoms. The largest absolute Gasteiger partial charge is 0.481 e. The van der Waals surface area contributed by atoms with Crippen molar-refractivity contribution in [3.63, 3.8) is 0 Å². The summed E-state index contributed by atoms with van der Waals surface area (Å²) in [6, 6.07) is 10.8. The van der Waals surface area contributed by atoms with Crippen molar-refractivity contribution < 1.29 is 19.4 Å². The zero-order valence-corrected chi connectivity index (χ0v) is 12.4. The maximum atomic E-state index is 12.6. The van der Waals surface area contributed by atoms with Crippen molar-refractivity contribution >= 4 is 11.9 Å². The molecule has 1 aromatic carbocycles. The molecule has 1 amide bonds. The summed E-state index contributed by atoms with van der Waals surface area (Å²) in [7, 11) is 0. The molecule has 0 radical (unpaired) electrons. The van der Waals surface area contributed by atoms with Crippen molar-refractivity contribution in [3.05, 3.63) is 42.1 Å². The molecule has 0 aliphatic carbocycles. The average Bonchev–Trinajstić information content (AvgIpc) is 3.05. The van der Waals surface area contributed by atoms with Gasteiger partial charge in [0.25, 0.3) is 5.91 Å². The zero-order valence-electron chi connectivity index (χ0n) is 12.4. The second-order valence-electron chi connectivity index (χ2n) is 5.36. The number of hydrogen-bond acceptors (Lipinski definition) is 4. The van der Waals surface area contributed by atoms with Crippen LogP contribution in [0.5, 0.6) is 0 Å². The van der Waals surface area contributed by atoms with Gasteiger partial charge in [-0.2, -0.15) is 5.10 Å². The van der Waals surface area contributed by atoms with E-state index >= 15 is 0 Å². The molecular weight excluding hydrogens is 298 g/mol. The Hall–Kier alpha value is -2.67. The number of H-pyrrole nitrogens is 1. The molecule has 1 fully saturated rings. The lowest BCUT2D eigenvalue weighted by Gasteiger charge is -2.34. The van der Waals surface area contributed by atoms with Crippen molar-refractivity contribution in [2.24, 2.45) is 0 Å². The molecule has 1 aliphatic rings. The quantitative estimate of drug-likeness (QED) is 0.889. The maximum absolute atomic E-state index is 12.6. The van der Waals surface area contributed by atoms with Crippen molar-refractivity contribution in [1.82, 2.24) is 15.1 Å². The van der Waals surface area contributed by atoms with Crippen molar-refractivity contribution in [1.29, 1.82) is 0 Å². The average molecular weight is 315 g/mol. The Morgan fingerprint density at radius 2 is 2.13 bits per heavy atom. The van der Waals surface area contributed by atoms with Crippen molar-refractivity contribution in [2.75, 3.05) is 19.8 Å². The van der Waals surface area contributed by atoms with Crippen LogP contribution in [0.3, 0.4) is 0 Å². The van der Waals surface area contributed by atoms with Gasteiger partial charge in [0.05, 0.1) is 31.4 Å². The fourth-order valence-corrected chi connectivity index (χ4v) is 2.64. The zero-order chi connectivity index (χ0) is 16.2. The number of carboxylic acid groups (broad SMARTS) is 1. The highest BCUT2D eigenvalue weighted by Crippen LogP contribution is 2.19. The first kappa shape index (κ1) is 15.2. The van der Waals surface area contributed by atoms with Gasteiger partial charge in [-0.3, -0.25) is 14.7 Å². The minimum Gasteiger partial charge on any atom is -0.481 e. The van der Waals surface area contributed by atoms with E-state index in [0.717, 1.165) is 5.56 Å². The highest BCUT2D eigenvalue weighted by molar-refractivity contribution is 5.94. The molecule has 0 spiro atoms. The molecule has 7 nitrogen and oxygen atoms in total. The third-order valence-electron chi connectivity index (χ3n) is 3.78. The van der Waals surface area contributed by atoms with Gasteiger partial charge in [0, 0.05) is 12.1 Å². The number of rotatable bonds is 4. The molecule has 1 atom stereocenters. The number of nitrogens with one attached hydrogen (secondary N) is 1. The summed E-state index contributed by atoms with van der Waals surface area (Å²) >= 11 is 0. The molecule has 7 heteroatoms. The molecule has 1 saturated heterocycles. The lowest BCUT2D eigenvalue weighted by molar-refractivity contribution is -0.139. The number of nitrogens with zero attached hydrogens (tertiary/aromatic N) is 2. The molecule has 0 saturated carbocycles. The minimum absolute atomic E-state index is 0.134. The van der Waals surface area contributed by atoms with E-state index in [0.29, 0.717) is 24.5 Å². The number of carbonyl (C=O) groups excluding carboxylic acids is 1. The monoisotopic (exact) mass is 315 g/mol. The van der Waals surface area contributed by atoms with Gasteiger partial charge < -0.3 is 14.7 Å². The van der Waals surface area contributed by atoms with Crippen LogP contribution in [-0.4, -0.2) is 57.9 Å². The fraction of sp³-hybridized carbons (Fsp3) is 0.312. The summed E-state index contributed by atoms with van der Waals surface area (Å²) in [5.41, 5.74) is 1.94. The molecule has 2 N–H and O–H groups in total. The number of aromatic nitrogens is 2. The SMILES string of the molecule is O=C(O)CC1COCCN1C(=O)c1cc(-c2ccccc2)n[nH]1. The van der Waals surface area contributed by atoms with E-state index in [4.69, 9.17) is 9.84 Å². The van der Waals surface area contributed by atoms with E-state index in [2.05, 4.69) is 10.2 Å². The number of hydrogen-bond donors (Lipinski definition) is 2. The number of aliphatic carboxylic acids is 1. The van der Waals surface area contributed by atoms with Crippen LogP contribution in [-0.2, 0) is 9.53 Å². The first-order chi connectivity index (χ1) is 11.1. The van der Waals surface area contributed by atoms with E-state index in [1.54, 1.807) is 11.0 Å². The predicted molar refractivity (Wildman–Crippen MR) is 81.9 cm³/mol. The smallest absolute Gasteiger partial charge is 0.305 e. The maximum Gasteiger partial charge on any atom is 0.305 e. The number of benzene rings is 1. The van der Waals surface area contributed by atoms with E-state index < -0.39 is 12.0 Å². The first-order valence-electron chi connectivity index (χ1n) is 7.36. The van der Waals surface area contributed by atoms with Crippen LogP contribution in [0.4, 0.5) is 0 Å². The minimum atomic E-state index is -0.951. The van der Waals surface area contributed by atoms with Crippen molar-refractivity contribution in [3.8, 4) is 11.3 Å². The summed E-state index contributed by atoms with van der Waals surface area (Å²) in [6.07, 6.45) is -0.134. The van der Waals surface area contributed by atoms with Crippen LogP contribution < -0.4 is 0 Å². The van der Waals surface area contributed by atoms with Crippen molar-refractivity contribution in [2.45, 2.75) is 12.5 Å². The molecular formula is C16H17N3O4. The number of carbonyl (C=O) groups is 2. The highest BCUT2D eigenvalue weighted by atomic mass is 16.5. The van der Waals surface area contributed by atoms with E-state index in [1.807, 2.05) is 30.3 Å². The topological polar surface area (TPSA) is 95.5 Å². The second-order valence-corrected chi connectivity index (χ2v) is 5.36. The number of carboxylic acids is 1. The summed E-state index contributed by atoms with van der Waals surface area (Å²) in [4.78, 5) is 25.1. The van der Waals surface area contributed by atoms with Gasteiger partial charge in [0.2, 0.25) is 0 Å². The number of ether oxygens (including phenoxy) is 1. The molecule has 1 aliphatic heterocycles. The van der Waals surface area contributed by atoms with E-state index in [1.165, 1.54) is 0 Å². The summed E-state index contributed by atoms with van der Waals surface area (Å²) in [5.74, 6) is -1.21. The Balaban J connectivity index is 1.79. The molecule has 23 heavy (non-hydrogen) atoms. The van der Waals surface area contributed by atoms with Crippen LogP contribution in [0.2, 0.25) is 0 Å². The molecule has 120 valence electrons. The van der Waals surface area contributed by atoms with Crippen LogP contribution >= 0.6 is 0 Å². The van der Waals surface area contributed by atoms with Gasteiger partial charge in [-0.25, -0.2) is 0 Å². The van der Waals surface area contributed by atoms with E-state index in [-0.39, 0.29) is 18.9 Å². The van der Waals surface area contributed by atoms with Crippen LogP contribution in [0, 0.1) is 0 Å². The first-order valence-corrected chi connectivity index (χ1v) is 7.36. The third kappa shape index (κ3) is 3.40. The Morgan fingerprint density at radius 3 is 2.87 bits per heavy atom. The lowest BCUT2D eigenvalue weighted by atomic mass is 10.1. The Kier molecular flexibility index (Phi) is 4.38. The van der Waals surface area contributed by atoms with Gasteiger partial charge in [0.1, 0.15) is 5.69 Å². The summed E-state index contributed by atoms with van der Waals surface area (Å²) in [5, 5.41) is 15.9. The van der Waals surface area contributed by atoms with Crippen LogP contribution in [0.1, 0.15) is 16.9 Å². The van der Waals surface area contributed by atoms with Crippen LogP contribution in [0.25, 0.3) is 11.3 Å². The molecule has 1 aromatic heterocycles. The van der Waals surface area contributed by atoms with Gasteiger partial charge in [-0.05, 0) is 6.07 Å². The van der Waals surface area contributed by atoms with Gasteiger partial charge in [0.15, 0.2) is 0 Å². The van der Waals surface area contributed by atoms with Gasteiger partial charge in [-0.15, -0.1) is 0 Å². The molecule has 1 unspecified atom stereocenters. The standard InChI is InChI=1S/C16H17N3O4/c20-15(21)8-12-10-23-7-6-19(12)16(22)14-9-13(17-18-14)11-4-2-1-3-5-11/h1-5,9,12H,6-8,10H2,(H,17,18)(H,20,21). The Bertz CT molecular complexity index is 698. The number of amides is 1. The molecule has 2 aromatic rings. The van der Waals surface area contributed by atoms with Gasteiger partial charge in [-0.1, -0.05) is 30.3 Å². The fourth-order valence-electron chi connectivity index (χ4n) is 2.64. The number of aromatic amines is 1. The summed E-state index contributed by atoms with van der Waals surface area (Å²) < 4.78 is 5.29. The normalized spacial score (nSPS) is 17.9.